The molecule has 1 aliphatic rings. The van der Waals surface area contributed by atoms with Crippen molar-refractivity contribution in [3.8, 4) is 5.75 Å². The fraction of sp³-hybridized carbons (Fsp3) is 0.647. The van der Waals surface area contributed by atoms with Crippen molar-refractivity contribution in [2.24, 2.45) is 0 Å². The van der Waals surface area contributed by atoms with E-state index in [1.807, 2.05) is 26.0 Å². The summed E-state index contributed by atoms with van der Waals surface area (Å²) < 4.78 is 11.0. The van der Waals surface area contributed by atoms with Crippen LogP contribution >= 0.6 is 0 Å². The first-order chi connectivity index (χ1) is 9.61. The Morgan fingerprint density at radius 3 is 2.75 bits per heavy atom. The summed E-state index contributed by atoms with van der Waals surface area (Å²) in [7, 11) is 1.68. The third kappa shape index (κ3) is 3.74. The molecule has 1 aromatic rings. The Morgan fingerprint density at radius 2 is 2.10 bits per heavy atom. The van der Waals surface area contributed by atoms with Gasteiger partial charge in [-0.2, -0.15) is 0 Å². The van der Waals surface area contributed by atoms with Crippen LogP contribution in [0.2, 0.25) is 0 Å². The van der Waals surface area contributed by atoms with Gasteiger partial charge in [-0.05, 0) is 74.8 Å². The normalized spacial score (nSPS) is 20.7. The summed E-state index contributed by atoms with van der Waals surface area (Å²) >= 11 is 0. The molecule has 0 bridgehead atoms. The zero-order chi connectivity index (χ0) is 14.5. The van der Waals surface area contributed by atoms with E-state index in [-0.39, 0.29) is 0 Å². The molecule has 0 radical (unpaired) electrons. The average Bonchev–Trinajstić information content (AvgIpc) is 2.47. The fourth-order valence-electron chi connectivity index (χ4n) is 2.93. The van der Waals surface area contributed by atoms with Crippen LogP contribution in [0.15, 0.2) is 12.1 Å². The van der Waals surface area contributed by atoms with Crippen LogP contribution in [0.1, 0.15) is 54.9 Å². The van der Waals surface area contributed by atoms with E-state index >= 15 is 0 Å². The second-order valence-corrected chi connectivity index (χ2v) is 5.76. The molecule has 1 heterocycles. The summed E-state index contributed by atoms with van der Waals surface area (Å²) in [5, 5.41) is 10.4. The van der Waals surface area contributed by atoms with Gasteiger partial charge < -0.3 is 14.6 Å². The minimum Gasteiger partial charge on any atom is -0.496 e. The van der Waals surface area contributed by atoms with Crippen LogP contribution in [0.5, 0.6) is 5.75 Å². The standard InChI is InChI=1S/C17H26O3/c1-12-11-17(19-3)13(2)10-15(12)16(18)8-7-14-6-4-5-9-20-14/h10-11,14,16,18H,4-9H2,1-3H3. The number of aliphatic hydroxyl groups is 1. The van der Waals surface area contributed by atoms with Crippen molar-refractivity contribution < 1.29 is 14.6 Å². The van der Waals surface area contributed by atoms with Gasteiger partial charge >= 0.3 is 0 Å². The molecular formula is C17H26O3. The van der Waals surface area contributed by atoms with Gasteiger partial charge in [0.05, 0.1) is 19.3 Å². The molecule has 1 saturated heterocycles. The molecule has 112 valence electrons. The largest absolute Gasteiger partial charge is 0.496 e. The van der Waals surface area contributed by atoms with Crippen LogP contribution in [0, 0.1) is 13.8 Å². The van der Waals surface area contributed by atoms with Gasteiger partial charge in [-0.3, -0.25) is 0 Å². The lowest BCUT2D eigenvalue weighted by Crippen LogP contribution is -2.19. The van der Waals surface area contributed by atoms with Gasteiger partial charge in [0.1, 0.15) is 5.75 Å². The monoisotopic (exact) mass is 278 g/mol. The topological polar surface area (TPSA) is 38.7 Å². The summed E-state index contributed by atoms with van der Waals surface area (Å²) in [5.74, 6) is 0.883. The third-order valence-electron chi connectivity index (χ3n) is 4.18. The highest BCUT2D eigenvalue weighted by Gasteiger charge is 2.18. The first-order valence-electron chi connectivity index (χ1n) is 7.56. The summed E-state index contributed by atoms with van der Waals surface area (Å²) in [4.78, 5) is 0. The lowest BCUT2D eigenvalue weighted by atomic mass is 9.95. The van der Waals surface area contributed by atoms with Gasteiger partial charge in [0.25, 0.3) is 0 Å². The molecule has 0 aliphatic carbocycles. The van der Waals surface area contributed by atoms with Crippen LogP contribution < -0.4 is 4.74 Å². The maximum atomic E-state index is 10.4. The van der Waals surface area contributed by atoms with Crippen molar-refractivity contribution in [1.29, 1.82) is 0 Å². The van der Waals surface area contributed by atoms with E-state index in [2.05, 4.69) is 0 Å². The first-order valence-corrected chi connectivity index (χ1v) is 7.56. The minimum absolute atomic E-state index is 0.332. The molecule has 2 atom stereocenters. The summed E-state index contributed by atoms with van der Waals surface area (Å²) in [5.41, 5.74) is 3.17. The lowest BCUT2D eigenvalue weighted by molar-refractivity contribution is 0.00208. The molecule has 1 N–H and O–H groups in total. The number of aryl methyl sites for hydroxylation is 2. The van der Waals surface area contributed by atoms with Crippen LogP contribution in [-0.2, 0) is 4.74 Å². The Balaban J connectivity index is 1.97. The maximum Gasteiger partial charge on any atom is 0.122 e. The summed E-state index contributed by atoms with van der Waals surface area (Å²) in [6.45, 7) is 4.91. The van der Waals surface area contributed by atoms with Crippen molar-refractivity contribution in [3.05, 3.63) is 28.8 Å². The van der Waals surface area contributed by atoms with E-state index in [1.54, 1.807) is 7.11 Å². The molecule has 1 aromatic carbocycles. The van der Waals surface area contributed by atoms with Gasteiger partial charge in [-0.15, -0.1) is 0 Å². The highest BCUT2D eigenvalue weighted by atomic mass is 16.5. The summed E-state index contributed by atoms with van der Waals surface area (Å²) in [6, 6.07) is 4.05. The van der Waals surface area contributed by atoms with Gasteiger partial charge in [0, 0.05) is 6.61 Å². The minimum atomic E-state index is -0.412. The number of rotatable bonds is 5. The number of hydrogen-bond acceptors (Lipinski definition) is 3. The van der Waals surface area contributed by atoms with Crippen LogP contribution in [0.3, 0.4) is 0 Å². The maximum absolute atomic E-state index is 10.4. The van der Waals surface area contributed by atoms with E-state index in [4.69, 9.17) is 9.47 Å². The van der Waals surface area contributed by atoms with E-state index < -0.39 is 6.10 Å². The molecule has 1 fully saturated rings. The molecule has 3 heteroatoms. The smallest absolute Gasteiger partial charge is 0.122 e. The fourth-order valence-corrected chi connectivity index (χ4v) is 2.93. The lowest BCUT2D eigenvalue weighted by Gasteiger charge is -2.24. The van der Waals surface area contributed by atoms with Crippen molar-refractivity contribution in [2.75, 3.05) is 13.7 Å². The second kappa shape index (κ2) is 7.09. The van der Waals surface area contributed by atoms with Crippen molar-refractivity contribution in [2.45, 2.75) is 58.2 Å². The Morgan fingerprint density at radius 1 is 1.30 bits per heavy atom. The Hall–Kier alpha value is -1.06. The Bertz CT molecular complexity index is 436. The molecule has 1 aliphatic heterocycles. The predicted octanol–water partition coefficient (Wildman–Crippen LogP) is 3.69. The second-order valence-electron chi connectivity index (χ2n) is 5.76. The number of methoxy groups -OCH3 is 1. The molecule has 0 saturated carbocycles. The zero-order valence-electron chi connectivity index (χ0n) is 12.8. The van der Waals surface area contributed by atoms with Crippen LogP contribution in [0.25, 0.3) is 0 Å². The molecule has 20 heavy (non-hydrogen) atoms. The van der Waals surface area contributed by atoms with Gasteiger partial charge in [0.2, 0.25) is 0 Å². The predicted molar refractivity (Wildman–Crippen MR) is 80.3 cm³/mol. The third-order valence-corrected chi connectivity index (χ3v) is 4.18. The molecule has 3 nitrogen and oxygen atoms in total. The number of aliphatic hydroxyl groups excluding tert-OH is 1. The van der Waals surface area contributed by atoms with Gasteiger partial charge in [0.15, 0.2) is 0 Å². The van der Waals surface area contributed by atoms with Gasteiger partial charge in [-0.1, -0.05) is 0 Å². The van der Waals surface area contributed by atoms with Crippen LogP contribution in [-0.4, -0.2) is 24.9 Å². The number of benzene rings is 1. The Labute approximate surface area is 121 Å². The Kier molecular flexibility index (Phi) is 5.44. The van der Waals surface area contributed by atoms with Crippen molar-refractivity contribution >= 4 is 0 Å². The molecule has 2 rings (SSSR count). The highest BCUT2D eigenvalue weighted by molar-refractivity contribution is 5.42. The van der Waals surface area contributed by atoms with E-state index in [0.717, 1.165) is 48.3 Å². The zero-order valence-corrected chi connectivity index (χ0v) is 12.8. The average molecular weight is 278 g/mol. The van der Waals surface area contributed by atoms with E-state index in [9.17, 15) is 5.11 Å². The van der Waals surface area contributed by atoms with E-state index in [1.165, 1.54) is 12.8 Å². The molecule has 0 amide bonds. The van der Waals surface area contributed by atoms with Crippen molar-refractivity contribution in [3.63, 3.8) is 0 Å². The number of hydrogen-bond donors (Lipinski definition) is 1. The van der Waals surface area contributed by atoms with Gasteiger partial charge in [-0.25, -0.2) is 0 Å². The molecule has 2 unspecified atom stereocenters. The highest BCUT2D eigenvalue weighted by Crippen LogP contribution is 2.30. The van der Waals surface area contributed by atoms with Crippen molar-refractivity contribution in [1.82, 2.24) is 0 Å². The first kappa shape index (κ1) is 15.3. The quantitative estimate of drug-likeness (QED) is 0.892. The SMILES string of the molecule is COc1cc(C)c(C(O)CCC2CCCCO2)cc1C. The molecular weight excluding hydrogens is 252 g/mol. The van der Waals surface area contributed by atoms with Crippen LogP contribution in [0.4, 0.5) is 0 Å². The van der Waals surface area contributed by atoms with E-state index in [0.29, 0.717) is 6.10 Å². The molecule has 0 aromatic heterocycles. The number of ether oxygens (including phenoxy) is 2. The summed E-state index contributed by atoms with van der Waals surface area (Å²) in [6.07, 6.45) is 5.18. The molecule has 0 spiro atoms.